The van der Waals surface area contributed by atoms with Gasteiger partial charge in [0.05, 0.1) is 5.69 Å². The molecule has 4 aromatic carbocycles. The molecule has 0 aliphatic heterocycles. The lowest BCUT2D eigenvalue weighted by atomic mass is 9.74. The minimum absolute atomic E-state index is 0.244. The largest absolute Gasteiger partial charge is 0.455 e. The van der Waals surface area contributed by atoms with Crippen molar-refractivity contribution in [3.8, 4) is 22.4 Å². The van der Waals surface area contributed by atoms with Crippen LogP contribution in [0.3, 0.4) is 0 Å². The van der Waals surface area contributed by atoms with E-state index in [1.54, 1.807) is 0 Å². The van der Waals surface area contributed by atoms with Gasteiger partial charge in [-0.05, 0) is 28.1 Å². The Bertz CT molecular complexity index is 1690. The van der Waals surface area contributed by atoms with Crippen LogP contribution >= 0.6 is 0 Å². The minimum atomic E-state index is -0.244. The van der Waals surface area contributed by atoms with Gasteiger partial charge in [-0.2, -0.15) is 0 Å². The average Bonchev–Trinajstić information content (AvgIpc) is 3.19. The van der Waals surface area contributed by atoms with E-state index in [-0.39, 0.29) is 5.41 Å². The van der Waals surface area contributed by atoms with Gasteiger partial charge in [0.1, 0.15) is 11.2 Å². The Morgan fingerprint density at radius 3 is 2.41 bits per heavy atom. The third kappa shape index (κ3) is 2.17. The third-order valence-corrected chi connectivity index (χ3v) is 7.08. The second-order valence-corrected chi connectivity index (χ2v) is 9.21. The minimum Gasteiger partial charge on any atom is -0.455 e. The smallest absolute Gasteiger partial charge is 0.143 e. The highest BCUT2D eigenvalue weighted by Crippen LogP contribution is 2.52. The maximum Gasteiger partial charge on any atom is 0.143 e. The Hall–Kier alpha value is -3.91. The van der Waals surface area contributed by atoms with Crippen LogP contribution in [0.2, 0.25) is 0 Å². The number of rotatable bonds is 1. The first-order chi connectivity index (χ1) is 15.6. The molecule has 32 heavy (non-hydrogen) atoms. The van der Waals surface area contributed by atoms with Gasteiger partial charge in [-0.3, -0.25) is 4.98 Å². The van der Waals surface area contributed by atoms with Gasteiger partial charge >= 0.3 is 0 Å². The van der Waals surface area contributed by atoms with E-state index in [0.29, 0.717) is 0 Å². The van der Waals surface area contributed by atoms with Crippen LogP contribution in [0, 0.1) is 0 Å². The van der Waals surface area contributed by atoms with Crippen molar-refractivity contribution < 1.29 is 4.42 Å². The van der Waals surface area contributed by atoms with Crippen LogP contribution in [-0.4, -0.2) is 4.98 Å². The molecule has 2 aromatic heterocycles. The van der Waals surface area contributed by atoms with E-state index in [0.717, 1.165) is 28.0 Å². The van der Waals surface area contributed by atoms with Gasteiger partial charge in [-0.1, -0.05) is 92.7 Å². The summed E-state index contributed by atoms with van der Waals surface area (Å²) in [5.74, 6) is 0. The van der Waals surface area contributed by atoms with E-state index in [9.17, 15) is 0 Å². The fourth-order valence-electron chi connectivity index (χ4n) is 5.62. The molecule has 2 heteroatoms. The van der Waals surface area contributed by atoms with Crippen molar-refractivity contribution in [2.24, 2.45) is 0 Å². The highest BCUT2D eigenvalue weighted by atomic mass is 16.3. The summed E-state index contributed by atoms with van der Waals surface area (Å²) < 4.78 is 6.56. The molecule has 7 rings (SSSR count). The maximum atomic E-state index is 6.56. The molecule has 2 heterocycles. The summed E-state index contributed by atoms with van der Waals surface area (Å²) in [6.07, 6.45) is 2.01. The molecule has 0 bridgehead atoms. The standard InChI is InChI=1S/C30H21NO/c1-30(2)23-16-15-21(18-9-4-3-5-10-18)29-26(23)25-22(13-8-14-24(25)32-29)28-27(30)20-12-7-6-11-19(20)17-31-28/h3-17H,1-2H3. The molecule has 0 amide bonds. The van der Waals surface area contributed by atoms with Crippen LogP contribution in [-0.2, 0) is 5.41 Å². The van der Waals surface area contributed by atoms with Crippen molar-refractivity contribution in [3.05, 3.63) is 102 Å². The summed E-state index contributed by atoms with van der Waals surface area (Å²) in [5, 5.41) is 4.82. The number of hydrogen-bond acceptors (Lipinski definition) is 2. The summed E-state index contributed by atoms with van der Waals surface area (Å²) in [4.78, 5) is 5.02. The molecular formula is C30H21NO. The van der Waals surface area contributed by atoms with E-state index in [1.807, 2.05) is 6.20 Å². The van der Waals surface area contributed by atoms with Gasteiger partial charge < -0.3 is 4.42 Å². The van der Waals surface area contributed by atoms with Gasteiger partial charge in [0.15, 0.2) is 0 Å². The van der Waals surface area contributed by atoms with E-state index in [1.165, 1.54) is 38.2 Å². The molecule has 0 saturated carbocycles. The molecule has 0 spiro atoms. The molecule has 0 radical (unpaired) electrons. The van der Waals surface area contributed by atoms with Crippen LogP contribution in [0.4, 0.5) is 0 Å². The quantitative estimate of drug-likeness (QED) is 0.273. The van der Waals surface area contributed by atoms with E-state index in [4.69, 9.17) is 9.40 Å². The highest BCUT2D eigenvalue weighted by molar-refractivity contribution is 6.18. The Labute approximate surface area is 186 Å². The molecule has 0 unspecified atom stereocenters. The zero-order valence-corrected chi connectivity index (χ0v) is 18.0. The summed E-state index contributed by atoms with van der Waals surface area (Å²) >= 11 is 0. The topological polar surface area (TPSA) is 26.0 Å². The monoisotopic (exact) mass is 411 g/mol. The number of furan rings is 1. The molecule has 1 aliphatic carbocycles. The second-order valence-electron chi connectivity index (χ2n) is 9.21. The number of benzene rings is 4. The second kappa shape index (κ2) is 6.08. The predicted molar refractivity (Wildman–Crippen MR) is 132 cm³/mol. The Balaban J connectivity index is 1.71. The average molecular weight is 412 g/mol. The van der Waals surface area contributed by atoms with Crippen LogP contribution in [0.5, 0.6) is 0 Å². The lowest BCUT2D eigenvalue weighted by Gasteiger charge is -2.29. The van der Waals surface area contributed by atoms with E-state index in [2.05, 4.69) is 98.8 Å². The van der Waals surface area contributed by atoms with Crippen molar-refractivity contribution in [2.75, 3.05) is 0 Å². The summed E-state index contributed by atoms with van der Waals surface area (Å²) in [7, 11) is 0. The molecule has 152 valence electrons. The summed E-state index contributed by atoms with van der Waals surface area (Å²) in [5.41, 5.74) is 8.71. The first kappa shape index (κ1) is 17.7. The van der Waals surface area contributed by atoms with Crippen molar-refractivity contribution in [1.29, 1.82) is 0 Å². The van der Waals surface area contributed by atoms with Crippen LogP contribution in [0.25, 0.3) is 55.1 Å². The van der Waals surface area contributed by atoms with Gasteiger partial charge in [0.2, 0.25) is 0 Å². The van der Waals surface area contributed by atoms with E-state index >= 15 is 0 Å². The summed E-state index contributed by atoms with van der Waals surface area (Å²) in [6.45, 7) is 4.64. The van der Waals surface area contributed by atoms with Gasteiger partial charge in [-0.25, -0.2) is 0 Å². The molecule has 0 N–H and O–H groups in total. The molecule has 1 aliphatic rings. The lowest BCUT2D eigenvalue weighted by Crippen LogP contribution is -2.20. The molecule has 0 fully saturated rings. The summed E-state index contributed by atoms with van der Waals surface area (Å²) in [6, 6.07) is 30.0. The number of nitrogens with zero attached hydrogens (tertiary/aromatic N) is 1. The maximum absolute atomic E-state index is 6.56. The predicted octanol–water partition coefficient (Wildman–Crippen LogP) is 8.11. The third-order valence-electron chi connectivity index (χ3n) is 7.08. The van der Waals surface area contributed by atoms with Crippen LogP contribution in [0.1, 0.15) is 25.0 Å². The Morgan fingerprint density at radius 1 is 0.719 bits per heavy atom. The molecule has 6 aromatic rings. The number of hydrogen-bond donors (Lipinski definition) is 0. The van der Waals surface area contributed by atoms with Crippen LogP contribution < -0.4 is 0 Å². The lowest BCUT2D eigenvalue weighted by molar-refractivity contribution is 0.646. The first-order valence-corrected chi connectivity index (χ1v) is 11.1. The van der Waals surface area contributed by atoms with Gasteiger partial charge in [-0.15, -0.1) is 0 Å². The number of pyridine rings is 1. The number of fused-ring (bicyclic) bond motifs is 4. The fraction of sp³-hybridized carbons (Fsp3) is 0.100. The first-order valence-electron chi connectivity index (χ1n) is 11.1. The molecular weight excluding hydrogens is 390 g/mol. The molecule has 2 nitrogen and oxygen atoms in total. The Morgan fingerprint density at radius 2 is 1.53 bits per heavy atom. The zero-order valence-electron chi connectivity index (χ0n) is 18.0. The normalized spacial score (nSPS) is 14.2. The molecule has 0 atom stereocenters. The highest BCUT2D eigenvalue weighted by Gasteiger charge is 2.36. The van der Waals surface area contributed by atoms with Crippen molar-refractivity contribution in [3.63, 3.8) is 0 Å². The fourth-order valence-corrected chi connectivity index (χ4v) is 5.62. The zero-order chi connectivity index (χ0) is 21.4. The molecule has 0 saturated heterocycles. The number of aromatic nitrogens is 1. The SMILES string of the molecule is CC1(C)c2c(ncc3ccccc23)-c2cccc3oc4c(-c5ccccc5)ccc1c4c23. The van der Waals surface area contributed by atoms with Gasteiger partial charge in [0.25, 0.3) is 0 Å². The Kier molecular flexibility index (Phi) is 3.37. The van der Waals surface area contributed by atoms with Crippen molar-refractivity contribution in [1.82, 2.24) is 4.98 Å². The van der Waals surface area contributed by atoms with Crippen molar-refractivity contribution in [2.45, 2.75) is 19.3 Å². The van der Waals surface area contributed by atoms with Gasteiger partial charge in [0, 0.05) is 38.9 Å². The van der Waals surface area contributed by atoms with E-state index < -0.39 is 0 Å². The van der Waals surface area contributed by atoms with Crippen molar-refractivity contribution >= 4 is 32.7 Å². The van der Waals surface area contributed by atoms with Crippen LogP contribution in [0.15, 0.2) is 95.5 Å².